The highest BCUT2D eigenvalue weighted by atomic mass is 127. The zero-order chi connectivity index (χ0) is 6.15. The van der Waals surface area contributed by atoms with E-state index in [2.05, 4.69) is 4.98 Å². The van der Waals surface area contributed by atoms with E-state index < -0.39 is 0 Å². The summed E-state index contributed by atoms with van der Waals surface area (Å²) in [6.45, 7) is 0. The van der Waals surface area contributed by atoms with Crippen molar-refractivity contribution >= 4 is 45.5 Å². The van der Waals surface area contributed by atoms with E-state index in [1.807, 2.05) is 22.6 Å². The maximum absolute atomic E-state index is 8.76. The van der Waals surface area contributed by atoms with E-state index in [0.29, 0.717) is 0 Å². The maximum atomic E-state index is 8.76. The Labute approximate surface area is 68.7 Å². The lowest BCUT2D eigenvalue weighted by molar-refractivity contribution is 0.489. The molecule has 0 aliphatic heterocycles. The summed E-state index contributed by atoms with van der Waals surface area (Å²) >= 11 is 8.53. The van der Waals surface area contributed by atoms with Crippen LogP contribution in [0, 0.1) is 3.01 Å². The molecule has 0 saturated heterocycles. The van der Waals surface area contributed by atoms with Crippen LogP contribution in [-0.2, 0) is 0 Å². The Bertz CT molecular complexity index is 182. The molecule has 5 heteroatoms. The summed E-state index contributed by atoms with van der Waals surface area (Å²) in [5.41, 5.74) is 0. The first-order valence-corrected chi connectivity index (χ1v) is 3.98. The van der Waals surface area contributed by atoms with Gasteiger partial charge in [-0.05, 0) is 22.6 Å². The van der Waals surface area contributed by atoms with Crippen LogP contribution in [0.25, 0.3) is 0 Å². The Morgan fingerprint density at radius 3 is 2.50 bits per heavy atom. The maximum Gasteiger partial charge on any atom is 0.212 e. The molecule has 0 spiro atoms. The van der Waals surface area contributed by atoms with E-state index in [4.69, 9.17) is 16.7 Å². The van der Waals surface area contributed by atoms with Crippen molar-refractivity contribution < 1.29 is 5.11 Å². The van der Waals surface area contributed by atoms with Gasteiger partial charge in [0.1, 0.15) is 0 Å². The van der Waals surface area contributed by atoms with Gasteiger partial charge in [0.15, 0.2) is 8.17 Å². The van der Waals surface area contributed by atoms with Gasteiger partial charge in [0.25, 0.3) is 0 Å². The molecule has 0 bridgehead atoms. The third-order valence-corrected chi connectivity index (χ3v) is 2.47. The van der Waals surface area contributed by atoms with E-state index >= 15 is 0 Å². The van der Waals surface area contributed by atoms with Gasteiger partial charge in [-0.15, -0.1) is 0 Å². The highest BCUT2D eigenvalue weighted by Gasteiger charge is 2.02. The zero-order valence-corrected chi connectivity index (χ0v) is 7.29. The third kappa shape index (κ3) is 1.24. The largest absolute Gasteiger partial charge is 0.497 e. The smallest absolute Gasteiger partial charge is 0.212 e. The Morgan fingerprint density at radius 2 is 2.38 bits per heavy atom. The molecule has 0 saturated carbocycles. The molecule has 0 aromatic carbocycles. The van der Waals surface area contributed by atoms with E-state index in [9.17, 15) is 0 Å². The summed E-state index contributed by atoms with van der Waals surface area (Å²) in [5, 5.41) is 9.05. The van der Waals surface area contributed by atoms with Crippen molar-refractivity contribution in [3.63, 3.8) is 0 Å². The van der Waals surface area contributed by atoms with Crippen LogP contribution in [0.3, 0.4) is 0 Å². The van der Waals surface area contributed by atoms with Gasteiger partial charge in [-0.1, -0.05) is 22.9 Å². The van der Waals surface area contributed by atoms with Gasteiger partial charge in [-0.2, -0.15) is 0 Å². The highest BCUT2D eigenvalue weighted by Crippen LogP contribution is 2.29. The molecule has 44 valence electrons. The number of rotatable bonds is 0. The number of hydrogen-bond donors (Lipinski definition) is 1. The van der Waals surface area contributed by atoms with Gasteiger partial charge in [0.2, 0.25) is 5.06 Å². The fourth-order valence-electron chi connectivity index (χ4n) is 0.270. The Balaban J connectivity index is 3.14. The molecule has 8 heavy (non-hydrogen) atoms. The van der Waals surface area contributed by atoms with Crippen molar-refractivity contribution in [3.8, 4) is 5.06 Å². The molecule has 1 aromatic rings. The summed E-state index contributed by atoms with van der Waals surface area (Å²) in [4.78, 5) is 3.73. The van der Waals surface area contributed by atoms with Crippen LogP contribution in [0.2, 0.25) is 5.15 Å². The topological polar surface area (TPSA) is 33.1 Å². The normalized spacial score (nSPS) is 9.75. The summed E-state index contributed by atoms with van der Waals surface area (Å²) in [5.74, 6) is 0. The number of halogens is 2. The van der Waals surface area contributed by atoms with Crippen molar-refractivity contribution in [2.45, 2.75) is 0 Å². The standard InChI is InChI=1S/C3HClINOS/c4-1-2(7)8-3(5)6-1/h7H. The predicted molar refractivity (Wildman–Crippen MR) is 41.5 cm³/mol. The molecule has 1 rings (SSSR count). The molecule has 1 aromatic heterocycles. The lowest BCUT2D eigenvalue weighted by Crippen LogP contribution is -1.61. The van der Waals surface area contributed by atoms with Gasteiger partial charge in [0.05, 0.1) is 0 Å². The Morgan fingerprint density at radius 1 is 1.75 bits per heavy atom. The van der Waals surface area contributed by atoms with Crippen molar-refractivity contribution in [1.82, 2.24) is 4.98 Å². The fraction of sp³-hybridized carbons (Fsp3) is 0. The monoisotopic (exact) mass is 261 g/mol. The van der Waals surface area contributed by atoms with Crippen molar-refractivity contribution in [2.24, 2.45) is 0 Å². The lowest BCUT2D eigenvalue weighted by Gasteiger charge is -1.74. The van der Waals surface area contributed by atoms with Crippen LogP contribution in [0.4, 0.5) is 0 Å². The van der Waals surface area contributed by atoms with Crippen LogP contribution in [0.1, 0.15) is 0 Å². The Kier molecular flexibility index (Phi) is 1.94. The van der Waals surface area contributed by atoms with Crippen molar-refractivity contribution in [2.75, 3.05) is 0 Å². The second kappa shape index (κ2) is 2.36. The van der Waals surface area contributed by atoms with Crippen LogP contribution >= 0.6 is 45.5 Å². The third-order valence-electron chi connectivity index (χ3n) is 0.543. The molecule has 0 amide bonds. The number of aromatic nitrogens is 1. The van der Waals surface area contributed by atoms with Crippen LogP contribution < -0.4 is 0 Å². The van der Waals surface area contributed by atoms with Crippen LogP contribution in [0.5, 0.6) is 5.06 Å². The minimum atomic E-state index is 0.0936. The summed E-state index contributed by atoms with van der Waals surface area (Å²) in [7, 11) is 0. The molecule has 0 unspecified atom stereocenters. The van der Waals surface area contributed by atoms with E-state index in [1.54, 1.807) is 0 Å². The first-order valence-electron chi connectivity index (χ1n) is 1.71. The number of nitrogens with zero attached hydrogens (tertiary/aromatic N) is 1. The van der Waals surface area contributed by atoms with Crippen LogP contribution in [-0.4, -0.2) is 10.1 Å². The quantitative estimate of drug-likeness (QED) is 0.726. The molecule has 2 nitrogen and oxygen atoms in total. The summed E-state index contributed by atoms with van der Waals surface area (Å²) < 4.78 is 0.755. The van der Waals surface area contributed by atoms with Crippen LogP contribution in [0.15, 0.2) is 0 Å². The first kappa shape index (κ1) is 6.57. The van der Waals surface area contributed by atoms with Gasteiger partial charge < -0.3 is 5.11 Å². The number of aromatic hydroxyl groups is 1. The average Bonchev–Trinajstić information content (AvgIpc) is 1.85. The van der Waals surface area contributed by atoms with E-state index in [0.717, 1.165) is 3.01 Å². The predicted octanol–water partition coefficient (Wildman–Crippen LogP) is 2.11. The number of hydrogen-bond acceptors (Lipinski definition) is 3. The molecular weight excluding hydrogens is 260 g/mol. The summed E-state index contributed by atoms with van der Waals surface area (Å²) in [6.07, 6.45) is 0. The zero-order valence-electron chi connectivity index (χ0n) is 3.56. The summed E-state index contributed by atoms with van der Waals surface area (Å²) in [6, 6.07) is 0. The minimum Gasteiger partial charge on any atom is -0.497 e. The van der Waals surface area contributed by atoms with E-state index in [1.165, 1.54) is 11.3 Å². The average molecular weight is 261 g/mol. The molecular formula is C3HClINOS. The van der Waals surface area contributed by atoms with Crippen molar-refractivity contribution in [1.29, 1.82) is 0 Å². The second-order valence-corrected chi connectivity index (χ2v) is 4.15. The second-order valence-electron chi connectivity index (χ2n) is 1.06. The molecule has 1 N–H and O–H groups in total. The first-order chi connectivity index (χ1) is 3.70. The molecule has 0 fully saturated rings. The van der Waals surface area contributed by atoms with Gasteiger partial charge in [0, 0.05) is 0 Å². The lowest BCUT2D eigenvalue weighted by atomic mass is 10.9. The molecule has 0 atom stereocenters. The molecule has 0 aliphatic rings. The van der Waals surface area contributed by atoms with Gasteiger partial charge in [-0.3, -0.25) is 0 Å². The fourth-order valence-corrected chi connectivity index (χ4v) is 1.96. The van der Waals surface area contributed by atoms with Gasteiger partial charge in [-0.25, -0.2) is 4.98 Å². The SMILES string of the molecule is Oc1sc(I)nc1Cl. The van der Waals surface area contributed by atoms with Gasteiger partial charge >= 0.3 is 0 Å². The molecule has 0 aliphatic carbocycles. The minimum absolute atomic E-state index is 0.0936. The van der Waals surface area contributed by atoms with Crippen molar-refractivity contribution in [3.05, 3.63) is 8.17 Å². The van der Waals surface area contributed by atoms with E-state index in [-0.39, 0.29) is 10.2 Å². The number of thiazole rings is 1. The molecule has 1 heterocycles. The molecule has 0 radical (unpaired) electrons. The Hall–Kier alpha value is 0.450. The highest BCUT2D eigenvalue weighted by molar-refractivity contribution is 14.1.